The van der Waals surface area contributed by atoms with Crippen LogP contribution in [0.5, 0.6) is 0 Å². The van der Waals surface area contributed by atoms with Crippen molar-refractivity contribution in [1.82, 2.24) is 0 Å². The van der Waals surface area contributed by atoms with E-state index < -0.39 is 0 Å². The summed E-state index contributed by atoms with van der Waals surface area (Å²) in [6.45, 7) is 5.69. The molecule has 37 heavy (non-hydrogen) atoms. The third-order valence-corrected chi connectivity index (χ3v) is 7.54. The third kappa shape index (κ3) is 17.9. The van der Waals surface area contributed by atoms with Crippen molar-refractivity contribution in [1.29, 1.82) is 0 Å². The van der Waals surface area contributed by atoms with E-state index in [2.05, 4.69) is 89.7 Å². The molecule has 2 aliphatic heterocycles. The predicted octanol–water partition coefficient (Wildman–Crippen LogP) is 7.78. The summed E-state index contributed by atoms with van der Waals surface area (Å²) in [6, 6.07) is 16.9. The van der Waals surface area contributed by atoms with Crippen molar-refractivity contribution in [3.8, 4) is 0 Å². The molecule has 1 saturated carbocycles. The van der Waals surface area contributed by atoms with Gasteiger partial charge in [-0.25, -0.2) is 0 Å². The average molecular weight is 869 g/mol. The van der Waals surface area contributed by atoms with E-state index in [-0.39, 0.29) is 12.1 Å². The van der Waals surface area contributed by atoms with Gasteiger partial charge >= 0.3 is 33.1 Å². The van der Waals surface area contributed by atoms with Crippen molar-refractivity contribution in [2.45, 2.75) is 57.0 Å². The Morgan fingerprint density at radius 3 is 1.32 bits per heavy atom. The molecule has 4 N–H and O–H groups in total. The maximum absolute atomic E-state index is 5.65. The second-order valence-electron chi connectivity index (χ2n) is 8.80. The van der Waals surface area contributed by atoms with Gasteiger partial charge in [-0.3, -0.25) is 0 Å². The van der Waals surface area contributed by atoms with Crippen molar-refractivity contribution in [3.05, 3.63) is 61.9 Å². The van der Waals surface area contributed by atoms with Gasteiger partial charge in [0.15, 0.2) is 0 Å². The van der Waals surface area contributed by atoms with E-state index >= 15 is 0 Å². The van der Waals surface area contributed by atoms with E-state index in [1.54, 1.807) is 20.3 Å². The van der Waals surface area contributed by atoms with Gasteiger partial charge in [-0.2, -0.15) is 0 Å². The second kappa shape index (κ2) is 23.5. The van der Waals surface area contributed by atoms with Crippen LogP contribution in [0.4, 0.5) is 5.69 Å². The molecule has 2 unspecified atom stereocenters. The van der Waals surface area contributed by atoms with Crippen molar-refractivity contribution in [2.24, 2.45) is 11.5 Å². The number of halogens is 4. The van der Waals surface area contributed by atoms with Gasteiger partial charge in [0, 0.05) is 57.5 Å². The van der Waals surface area contributed by atoms with Crippen LogP contribution in [0.2, 0.25) is 0 Å². The minimum absolute atomic E-state index is 0.281. The maximum atomic E-state index is 5.65. The Kier molecular flexibility index (Phi) is 22.7. The SMILES string of the molecule is Brc1ccc(Br)cc1.Brc1ccc(N2CCOCC2)cc1.C1CCOCC1.NC1CCCCC1N.[Cu][I]. The molecule has 0 amide bonds. The van der Waals surface area contributed by atoms with Gasteiger partial charge in [0.2, 0.25) is 0 Å². The number of hydrogen-bond acceptors (Lipinski definition) is 5. The molecule has 0 spiro atoms. The van der Waals surface area contributed by atoms with E-state index in [1.165, 1.54) is 37.8 Å². The topological polar surface area (TPSA) is 73.7 Å². The number of benzene rings is 2. The zero-order valence-corrected chi connectivity index (χ0v) is 29.1. The van der Waals surface area contributed by atoms with E-state index in [0.29, 0.717) is 0 Å². The van der Waals surface area contributed by atoms with Gasteiger partial charge in [0.1, 0.15) is 0 Å². The van der Waals surface area contributed by atoms with Gasteiger partial charge in [-0.05, 0) is 80.6 Å². The zero-order chi connectivity index (χ0) is 27.3. The van der Waals surface area contributed by atoms with Crippen LogP contribution in [-0.2, 0) is 22.2 Å². The molecule has 5 rings (SSSR count). The number of morpholine rings is 1. The molecular formula is C27H40Br3CuIN3O2. The van der Waals surface area contributed by atoms with E-state index in [1.807, 2.05) is 24.3 Å². The summed E-state index contributed by atoms with van der Waals surface area (Å²) < 4.78 is 13.7. The second-order valence-corrected chi connectivity index (χ2v) is 11.5. The first kappa shape index (κ1) is 35.8. The van der Waals surface area contributed by atoms with Crippen LogP contribution in [0, 0.1) is 0 Å². The fraction of sp³-hybridized carbons (Fsp3) is 0.556. The quantitative estimate of drug-likeness (QED) is 0.227. The molecule has 214 valence electrons. The van der Waals surface area contributed by atoms with E-state index in [0.717, 1.165) is 65.8 Å². The minimum atomic E-state index is 0.281. The third-order valence-electron chi connectivity index (χ3n) is 5.96. The van der Waals surface area contributed by atoms with Crippen molar-refractivity contribution in [3.63, 3.8) is 0 Å². The summed E-state index contributed by atoms with van der Waals surface area (Å²) in [4.78, 5) is 2.34. The number of ether oxygens (including phenoxy) is 2. The standard InChI is InChI=1S/C10H12BrNO.C6H4Br2.C6H14N2.C5H10O.Cu.HI/c11-9-1-3-10(4-2-9)12-5-7-13-8-6-12;7-5-1-2-6(8)4-3-5;7-5-3-1-2-4-6(5)8;1-2-4-6-5-3-1;;/h1-4H,5-8H2;1-4H;5-6H,1-4,7-8H2;1-5H2;;1H/q;;;;+1;/p-1. The molecule has 2 atom stereocenters. The molecule has 1 aliphatic carbocycles. The summed E-state index contributed by atoms with van der Waals surface area (Å²) in [5.74, 6) is 0. The molecule has 2 aromatic rings. The van der Waals surface area contributed by atoms with Crippen LogP contribution in [0.25, 0.3) is 0 Å². The summed E-state index contributed by atoms with van der Waals surface area (Å²) >= 11 is 15.9. The summed E-state index contributed by atoms with van der Waals surface area (Å²) in [6.07, 6.45) is 8.73. The molecule has 5 nitrogen and oxygen atoms in total. The van der Waals surface area contributed by atoms with Crippen molar-refractivity contribution in [2.75, 3.05) is 44.4 Å². The fourth-order valence-electron chi connectivity index (χ4n) is 3.78. The Bertz CT molecular complexity index is 754. The molecule has 3 aliphatic rings. The Balaban J connectivity index is 0.000000251. The van der Waals surface area contributed by atoms with Gasteiger partial charge in [0.25, 0.3) is 0 Å². The number of hydrogen-bond donors (Lipinski definition) is 2. The number of nitrogens with two attached hydrogens (primary N) is 2. The average Bonchev–Trinajstić information content (AvgIpc) is 2.96. The first-order valence-electron chi connectivity index (χ1n) is 12.7. The summed E-state index contributed by atoms with van der Waals surface area (Å²) in [5, 5.41) is 0. The molecule has 10 heteroatoms. The van der Waals surface area contributed by atoms with Gasteiger partial charge in [-0.15, -0.1) is 0 Å². The predicted molar refractivity (Wildman–Crippen MR) is 172 cm³/mol. The Morgan fingerprint density at radius 1 is 0.622 bits per heavy atom. The summed E-state index contributed by atoms with van der Waals surface area (Å²) in [7, 11) is 0. The Labute approximate surface area is 268 Å². The molecule has 2 heterocycles. The number of rotatable bonds is 1. The zero-order valence-electron chi connectivity index (χ0n) is 21.2. The molecule has 0 radical (unpaired) electrons. The molecule has 2 aromatic carbocycles. The first-order chi connectivity index (χ1) is 18.0. The van der Waals surface area contributed by atoms with Gasteiger partial charge < -0.3 is 25.8 Å². The first-order valence-corrected chi connectivity index (χ1v) is 18.1. The number of nitrogens with zero attached hydrogens (tertiary/aromatic N) is 1. The monoisotopic (exact) mass is 865 g/mol. The molecule has 2 saturated heterocycles. The molecular weight excluding hydrogens is 828 g/mol. The van der Waals surface area contributed by atoms with Gasteiger partial charge in [-0.1, -0.05) is 60.6 Å². The molecule has 3 fully saturated rings. The van der Waals surface area contributed by atoms with Crippen LogP contribution in [0.1, 0.15) is 44.9 Å². The van der Waals surface area contributed by atoms with E-state index in [4.69, 9.17) is 20.9 Å². The van der Waals surface area contributed by atoms with E-state index in [9.17, 15) is 0 Å². The van der Waals surface area contributed by atoms with Crippen LogP contribution in [0.15, 0.2) is 61.9 Å². The molecule has 0 aromatic heterocycles. The number of anilines is 1. The van der Waals surface area contributed by atoms with Crippen LogP contribution >= 0.6 is 68.1 Å². The summed E-state index contributed by atoms with van der Waals surface area (Å²) in [5.41, 5.74) is 12.6. The fourth-order valence-corrected chi connectivity index (χ4v) is 4.57. The van der Waals surface area contributed by atoms with Crippen LogP contribution < -0.4 is 16.4 Å². The van der Waals surface area contributed by atoms with Gasteiger partial charge in [0.05, 0.1) is 13.2 Å². The van der Waals surface area contributed by atoms with Crippen molar-refractivity contribution < 1.29 is 22.2 Å². The Hall–Kier alpha value is 0.769. The van der Waals surface area contributed by atoms with Crippen LogP contribution in [0.3, 0.4) is 0 Å². The van der Waals surface area contributed by atoms with Crippen LogP contribution in [-0.4, -0.2) is 51.6 Å². The van der Waals surface area contributed by atoms with Crippen molar-refractivity contribution >= 4 is 73.8 Å². The Morgan fingerprint density at radius 2 is 1.00 bits per heavy atom. The normalized spacial score (nSPS) is 20.8. The molecule has 0 bridgehead atoms.